The van der Waals surface area contributed by atoms with Gasteiger partial charge in [-0.1, -0.05) is 45.8 Å². The Morgan fingerprint density at radius 3 is 2.63 bits per heavy atom. The number of halogens is 1. The molecular weight excluding hydrogens is 487 g/mol. The van der Waals surface area contributed by atoms with Gasteiger partial charge in [0.1, 0.15) is 25.0 Å². The second-order valence-electron chi connectivity index (χ2n) is 12.0. The number of hydrogen-bond acceptors (Lipinski definition) is 6. The number of aliphatic hydroxyl groups is 1. The van der Waals surface area contributed by atoms with Gasteiger partial charge in [-0.3, -0.25) is 9.59 Å². The minimum absolute atomic E-state index is 0.00830. The summed E-state index contributed by atoms with van der Waals surface area (Å²) in [6, 6.07) is 5.57. The summed E-state index contributed by atoms with van der Waals surface area (Å²) in [5.74, 6) is 0.104. The summed E-state index contributed by atoms with van der Waals surface area (Å²) in [4.78, 5) is 25.8. The van der Waals surface area contributed by atoms with E-state index in [1.807, 2.05) is 6.08 Å². The van der Waals surface area contributed by atoms with Gasteiger partial charge in [-0.2, -0.15) is 0 Å². The predicted molar refractivity (Wildman–Crippen MR) is 140 cm³/mol. The number of allylic oxidation sites excluding steroid dienone is 4. The Morgan fingerprint density at radius 2 is 1.92 bits per heavy atom. The Kier molecular flexibility index (Phi) is 7.16. The van der Waals surface area contributed by atoms with Crippen molar-refractivity contribution < 1.29 is 33.3 Å². The molecule has 0 amide bonds. The molecule has 1 saturated heterocycles. The van der Waals surface area contributed by atoms with Crippen molar-refractivity contribution in [2.45, 2.75) is 77.6 Å². The third kappa shape index (κ3) is 4.00. The number of carbonyl (C=O) groups is 2. The van der Waals surface area contributed by atoms with Crippen LogP contribution in [-0.4, -0.2) is 47.9 Å². The molecule has 1 aliphatic heterocycles. The van der Waals surface area contributed by atoms with Crippen molar-refractivity contribution in [1.82, 2.24) is 0 Å². The molecule has 4 aliphatic carbocycles. The van der Waals surface area contributed by atoms with Gasteiger partial charge >= 0.3 is 0 Å². The molecule has 6 nitrogen and oxygen atoms in total. The average molecular weight is 527 g/mol. The van der Waals surface area contributed by atoms with Gasteiger partial charge in [0.25, 0.3) is 0 Å². The molecule has 0 aromatic heterocycles. The van der Waals surface area contributed by atoms with E-state index in [9.17, 15) is 19.1 Å². The zero-order chi connectivity index (χ0) is 27.3. The quantitative estimate of drug-likeness (QED) is 0.582. The lowest BCUT2D eigenvalue weighted by molar-refractivity contribution is -0.185. The molecule has 1 N–H and O–H groups in total. The Hall–Kier alpha value is -2.35. The fourth-order valence-corrected chi connectivity index (χ4v) is 8.32. The first kappa shape index (κ1) is 27.2. The van der Waals surface area contributed by atoms with Crippen molar-refractivity contribution >= 4 is 11.6 Å². The maximum Gasteiger partial charge on any atom is 0.205 e. The van der Waals surface area contributed by atoms with Crippen molar-refractivity contribution in [2.75, 3.05) is 13.4 Å². The molecule has 38 heavy (non-hydrogen) atoms. The maximum atomic E-state index is 13.8. The van der Waals surface area contributed by atoms with Gasteiger partial charge in [-0.05, 0) is 73.9 Å². The Labute approximate surface area is 224 Å². The van der Waals surface area contributed by atoms with Crippen LogP contribution in [-0.2, 0) is 19.1 Å². The minimum atomic E-state index is -1.20. The molecule has 1 aromatic carbocycles. The summed E-state index contributed by atoms with van der Waals surface area (Å²) in [6.07, 6.45) is 8.29. The maximum absolute atomic E-state index is 13.8. The van der Waals surface area contributed by atoms with E-state index in [1.54, 1.807) is 12.2 Å². The topological polar surface area (TPSA) is 82.1 Å². The molecular formula is C31H39FO6. The third-order valence-electron chi connectivity index (χ3n) is 9.81. The first-order valence-electron chi connectivity index (χ1n) is 13.9. The number of carbonyl (C=O) groups excluding carboxylic acids is 2. The van der Waals surface area contributed by atoms with Crippen LogP contribution in [0.2, 0.25) is 0 Å². The van der Waals surface area contributed by atoms with Gasteiger partial charge in [-0.15, -0.1) is 0 Å². The second kappa shape index (κ2) is 10.00. The minimum Gasteiger partial charge on any atom is -0.486 e. The van der Waals surface area contributed by atoms with E-state index in [-0.39, 0.29) is 54.0 Å². The summed E-state index contributed by atoms with van der Waals surface area (Å²) in [6.45, 7) is 8.27. The zero-order valence-corrected chi connectivity index (χ0v) is 22.7. The highest BCUT2D eigenvalue weighted by atomic mass is 19.1. The number of Topliss-reactive ketones (excluding diaryl/α,β-unsaturated/α-hetero) is 1. The second-order valence-corrected chi connectivity index (χ2v) is 12.0. The molecule has 8 unspecified atom stereocenters. The standard InChI is InChI=1S/C28H31FO6.C3H8/c1-26-10-9-18(30)11-16(26)3-8-20-21-12-24-28(35-15-34-24,27(21,2)13-22(31)25(20)26)23(32)14-33-19-6-4-17(29)5-7-19;1-3-2/h4-7,9-11,20-22,24-25,31H,3,8,12-15H2,1-2H3;3H2,1-2H3. The smallest absolute Gasteiger partial charge is 0.205 e. The Balaban J connectivity index is 0.000000937. The zero-order valence-electron chi connectivity index (χ0n) is 22.7. The van der Waals surface area contributed by atoms with E-state index in [4.69, 9.17) is 14.2 Å². The third-order valence-corrected chi connectivity index (χ3v) is 9.81. The van der Waals surface area contributed by atoms with Crippen LogP contribution in [0.3, 0.4) is 0 Å². The summed E-state index contributed by atoms with van der Waals surface area (Å²) >= 11 is 0. The first-order valence-corrected chi connectivity index (χ1v) is 13.9. The highest BCUT2D eigenvalue weighted by molar-refractivity contribution is 6.01. The lowest BCUT2D eigenvalue weighted by Crippen LogP contribution is -2.63. The van der Waals surface area contributed by atoms with E-state index in [0.29, 0.717) is 18.6 Å². The lowest BCUT2D eigenvalue weighted by Gasteiger charge is -2.59. The number of hydrogen-bond donors (Lipinski definition) is 1. The molecule has 0 radical (unpaired) electrons. The number of ketones is 2. The average Bonchev–Trinajstić information content (AvgIpc) is 3.41. The molecule has 4 fully saturated rings. The molecule has 3 saturated carbocycles. The largest absolute Gasteiger partial charge is 0.486 e. The highest BCUT2D eigenvalue weighted by Gasteiger charge is 2.74. The molecule has 5 aliphatic rings. The molecule has 206 valence electrons. The van der Waals surface area contributed by atoms with Gasteiger partial charge in [0, 0.05) is 16.7 Å². The highest BCUT2D eigenvalue weighted by Crippen LogP contribution is 2.69. The van der Waals surface area contributed by atoms with E-state index >= 15 is 0 Å². The van der Waals surface area contributed by atoms with E-state index in [0.717, 1.165) is 18.4 Å². The van der Waals surface area contributed by atoms with Crippen LogP contribution in [0.15, 0.2) is 48.1 Å². The van der Waals surface area contributed by atoms with Crippen LogP contribution >= 0.6 is 0 Å². The van der Waals surface area contributed by atoms with Crippen molar-refractivity contribution in [3.8, 4) is 5.75 Å². The van der Waals surface area contributed by atoms with Gasteiger partial charge in [0.05, 0.1) is 12.2 Å². The van der Waals surface area contributed by atoms with Crippen LogP contribution in [0.25, 0.3) is 0 Å². The lowest BCUT2D eigenvalue weighted by atomic mass is 9.46. The normalized spacial score (nSPS) is 40.6. The number of aliphatic hydroxyl groups excluding tert-OH is 1. The van der Waals surface area contributed by atoms with Gasteiger partial charge in [0.2, 0.25) is 5.78 Å². The Morgan fingerprint density at radius 1 is 1.21 bits per heavy atom. The van der Waals surface area contributed by atoms with Crippen molar-refractivity contribution in [3.05, 3.63) is 53.9 Å². The summed E-state index contributed by atoms with van der Waals surface area (Å²) in [7, 11) is 0. The molecule has 8 atom stereocenters. The van der Waals surface area contributed by atoms with Crippen LogP contribution < -0.4 is 4.74 Å². The van der Waals surface area contributed by atoms with Crippen LogP contribution in [0.5, 0.6) is 5.75 Å². The summed E-state index contributed by atoms with van der Waals surface area (Å²) < 4.78 is 31.2. The summed E-state index contributed by atoms with van der Waals surface area (Å²) in [5, 5.41) is 11.6. The van der Waals surface area contributed by atoms with Gasteiger partial charge < -0.3 is 19.3 Å². The van der Waals surface area contributed by atoms with E-state index < -0.39 is 23.2 Å². The molecule has 1 aromatic rings. The number of rotatable bonds is 4. The van der Waals surface area contributed by atoms with Crippen molar-refractivity contribution in [2.24, 2.45) is 28.6 Å². The van der Waals surface area contributed by atoms with Crippen LogP contribution in [0.4, 0.5) is 4.39 Å². The van der Waals surface area contributed by atoms with Crippen molar-refractivity contribution in [3.63, 3.8) is 0 Å². The molecule has 1 heterocycles. The van der Waals surface area contributed by atoms with E-state index in [2.05, 4.69) is 27.7 Å². The predicted octanol–water partition coefficient (Wildman–Crippen LogP) is 5.19. The van der Waals surface area contributed by atoms with E-state index in [1.165, 1.54) is 30.7 Å². The van der Waals surface area contributed by atoms with Crippen LogP contribution in [0.1, 0.15) is 59.8 Å². The molecule has 6 rings (SSSR count). The molecule has 7 heteroatoms. The monoisotopic (exact) mass is 526 g/mol. The van der Waals surface area contributed by atoms with Crippen LogP contribution in [0, 0.1) is 34.4 Å². The van der Waals surface area contributed by atoms with Gasteiger partial charge in [-0.25, -0.2) is 4.39 Å². The fraction of sp³-hybridized carbons (Fsp3) is 0.613. The molecule has 0 spiro atoms. The van der Waals surface area contributed by atoms with Crippen molar-refractivity contribution in [1.29, 1.82) is 0 Å². The fourth-order valence-electron chi connectivity index (χ4n) is 8.32. The number of fused-ring (bicyclic) bond motifs is 7. The SMILES string of the molecule is CC12C=CC(=O)C=C1CCC1C2C(O)CC2(C)C1CC1OCOC12C(=O)COc1ccc(F)cc1.CCC. The van der Waals surface area contributed by atoms with Gasteiger partial charge in [0.15, 0.2) is 11.4 Å². The first-order chi connectivity index (χ1) is 18.1. The number of ether oxygens (including phenoxy) is 3. The number of benzene rings is 1. The molecule has 0 bridgehead atoms. The summed E-state index contributed by atoms with van der Waals surface area (Å²) in [5.41, 5.74) is -1.10. The Bertz CT molecular complexity index is 1140.